The average Bonchev–Trinajstić information content (AvgIpc) is 3.08. The molecule has 1 fully saturated rings. The lowest BCUT2D eigenvalue weighted by atomic mass is 9.92. The van der Waals surface area contributed by atoms with Crippen molar-refractivity contribution in [2.45, 2.75) is 63.3 Å². The SMILES string of the molecule is CC(CC(C)(NC1CC1)C(=O)O)N(C)CCC(F)(F)F. The highest BCUT2D eigenvalue weighted by molar-refractivity contribution is 5.78. The van der Waals surface area contributed by atoms with Gasteiger partial charge in [-0.2, -0.15) is 13.2 Å². The molecule has 2 unspecified atom stereocenters. The van der Waals surface area contributed by atoms with Gasteiger partial charge in [0.05, 0.1) is 6.42 Å². The normalized spacial score (nSPS) is 20.8. The van der Waals surface area contributed by atoms with Gasteiger partial charge in [0.25, 0.3) is 0 Å². The van der Waals surface area contributed by atoms with E-state index in [0.29, 0.717) is 0 Å². The Morgan fingerprint density at radius 2 is 2.00 bits per heavy atom. The summed E-state index contributed by atoms with van der Waals surface area (Å²) in [7, 11) is 1.59. The third-order valence-electron chi connectivity index (χ3n) is 3.78. The smallest absolute Gasteiger partial charge is 0.390 e. The quantitative estimate of drug-likeness (QED) is 0.721. The zero-order valence-corrected chi connectivity index (χ0v) is 12.1. The molecule has 1 saturated carbocycles. The van der Waals surface area contributed by atoms with Crippen LogP contribution in [0.1, 0.15) is 39.5 Å². The predicted molar refractivity (Wildman–Crippen MR) is 69.6 cm³/mol. The zero-order valence-electron chi connectivity index (χ0n) is 12.1. The molecule has 0 bridgehead atoms. The van der Waals surface area contributed by atoms with E-state index in [2.05, 4.69) is 5.32 Å². The number of aliphatic carboxylic acids is 1. The van der Waals surface area contributed by atoms with Crippen molar-refractivity contribution in [2.75, 3.05) is 13.6 Å². The Hall–Kier alpha value is -0.820. The summed E-state index contributed by atoms with van der Waals surface area (Å²) in [6.07, 6.45) is -2.88. The van der Waals surface area contributed by atoms with Crippen molar-refractivity contribution in [1.82, 2.24) is 10.2 Å². The maximum Gasteiger partial charge on any atom is 0.390 e. The van der Waals surface area contributed by atoms with Crippen LogP contribution in [0.4, 0.5) is 13.2 Å². The number of carboxylic acid groups (broad SMARTS) is 1. The topological polar surface area (TPSA) is 52.6 Å². The van der Waals surface area contributed by atoms with Crippen LogP contribution in [0.3, 0.4) is 0 Å². The van der Waals surface area contributed by atoms with Crippen LogP contribution in [0, 0.1) is 0 Å². The van der Waals surface area contributed by atoms with Gasteiger partial charge < -0.3 is 10.0 Å². The molecular formula is C13H23F3N2O2. The number of carboxylic acids is 1. The van der Waals surface area contributed by atoms with Gasteiger partial charge in [0.2, 0.25) is 0 Å². The summed E-state index contributed by atoms with van der Waals surface area (Å²) in [5.41, 5.74) is -1.09. The molecule has 1 rings (SSSR count). The highest BCUT2D eigenvalue weighted by Crippen LogP contribution is 2.26. The Morgan fingerprint density at radius 3 is 2.40 bits per heavy atom. The van der Waals surface area contributed by atoms with Gasteiger partial charge in [-0.3, -0.25) is 10.1 Å². The van der Waals surface area contributed by atoms with E-state index in [9.17, 15) is 23.1 Å². The molecule has 1 aliphatic carbocycles. The van der Waals surface area contributed by atoms with Crippen molar-refractivity contribution in [1.29, 1.82) is 0 Å². The summed E-state index contributed by atoms with van der Waals surface area (Å²) in [5.74, 6) is -0.958. The number of carbonyl (C=O) groups is 1. The summed E-state index contributed by atoms with van der Waals surface area (Å²) in [6.45, 7) is 3.23. The lowest BCUT2D eigenvalue weighted by molar-refractivity contribution is -0.146. The summed E-state index contributed by atoms with van der Waals surface area (Å²) < 4.78 is 36.6. The van der Waals surface area contributed by atoms with E-state index >= 15 is 0 Å². The molecule has 0 saturated heterocycles. The number of hydrogen-bond acceptors (Lipinski definition) is 3. The minimum atomic E-state index is -4.18. The number of rotatable bonds is 8. The largest absolute Gasteiger partial charge is 0.480 e. The standard InChI is InChI=1S/C13H23F3N2O2/c1-9(18(3)7-6-13(14,15)16)8-12(2,11(19)20)17-10-4-5-10/h9-10,17H,4-8H2,1-3H3,(H,19,20). The van der Waals surface area contributed by atoms with Gasteiger partial charge >= 0.3 is 12.1 Å². The average molecular weight is 296 g/mol. The predicted octanol–water partition coefficient (Wildman–Crippen LogP) is 2.24. The van der Waals surface area contributed by atoms with E-state index < -0.39 is 24.1 Å². The number of hydrogen-bond donors (Lipinski definition) is 2. The first-order chi connectivity index (χ1) is 9.03. The first kappa shape index (κ1) is 17.2. The first-order valence-corrected chi connectivity index (χ1v) is 6.81. The van der Waals surface area contributed by atoms with Crippen LogP contribution in [0.25, 0.3) is 0 Å². The summed E-state index contributed by atoms with van der Waals surface area (Å²) in [5, 5.41) is 12.4. The number of alkyl halides is 3. The minimum Gasteiger partial charge on any atom is -0.480 e. The van der Waals surface area contributed by atoms with Gasteiger partial charge in [-0.1, -0.05) is 0 Å². The van der Waals surface area contributed by atoms with Gasteiger partial charge in [-0.15, -0.1) is 0 Å². The first-order valence-electron chi connectivity index (χ1n) is 6.81. The van der Waals surface area contributed by atoms with Crippen LogP contribution < -0.4 is 5.32 Å². The number of nitrogens with one attached hydrogen (secondary N) is 1. The van der Waals surface area contributed by atoms with Crippen LogP contribution in [-0.4, -0.2) is 53.4 Å². The highest BCUT2D eigenvalue weighted by atomic mass is 19.4. The fourth-order valence-corrected chi connectivity index (χ4v) is 2.16. The van der Waals surface area contributed by atoms with Crippen molar-refractivity contribution in [2.24, 2.45) is 0 Å². The summed E-state index contributed by atoms with van der Waals surface area (Å²) in [6, 6.07) is -0.0199. The van der Waals surface area contributed by atoms with Crippen molar-refractivity contribution >= 4 is 5.97 Å². The molecule has 0 aromatic heterocycles. The molecule has 4 nitrogen and oxygen atoms in total. The molecule has 20 heavy (non-hydrogen) atoms. The van der Waals surface area contributed by atoms with E-state index in [0.717, 1.165) is 12.8 Å². The zero-order chi connectivity index (χ0) is 15.6. The van der Waals surface area contributed by atoms with E-state index in [1.807, 2.05) is 0 Å². The Labute approximate surface area is 117 Å². The monoisotopic (exact) mass is 296 g/mol. The van der Waals surface area contributed by atoms with Crippen molar-refractivity contribution in [3.8, 4) is 0 Å². The van der Waals surface area contributed by atoms with Gasteiger partial charge in [-0.25, -0.2) is 0 Å². The molecule has 0 spiro atoms. The van der Waals surface area contributed by atoms with Crippen LogP contribution in [0.2, 0.25) is 0 Å². The Bertz CT molecular complexity index is 345. The lowest BCUT2D eigenvalue weighted by Crippen LogP contribution is -2.54. The van der Waals surface area contributed by atoms with Crippen molar-refractivity contribution < 1.29 is 23.1 Å². The molecule has 0 heterocycles. The van der Waals surface area contributed by atoms with Gasteiger partial charge in [0.1, 0.15) is 5.54 Å². The molecule has 118 valence electrons. The fourth-order valence-electron chi connectivity index (χ4n) is 2.16. The van der Waals surface area contributed by atoms with Crippen LogP contribution in [0.5, 0.6) is 0 Å². The van der Waals surface area contributed by atoms with Crippen molar-refractivity contribution in [3.63, 3.8) is 0 Å². The van der Waals surface area contributed by atoms with E-state index in [1.165, 1.54) is 0 Å². The summed E-state index contributed by atoms with van der Waals surface area (Å²) >= 11 is 0. The van der Waals surface area contributed by atoms with Crippen LogP contribution in [0.15, 0.2) is 0 Å². The molecule has 2 N–H and O–H groups in total. The number of halogens is 3. The van der Waals surface area contributed by atoms with Gasteiger partial charge in [0, 0.05) is 18.6 Å². The molecule has 0 aromatic rings. The molecule has 0 radical (unpaired) electrons. The Kier molecular flexibility index (Phi) is 5.43. The van der Waals surface area contributed by atoms with E-state index in [-0.39, 0.29) is 25.0 Å². The van der Waals surface area contributed by atoms with Gasteiger partial charge in [-0.05, 0) is 40.2 Å². The molecule has 1 aliphatic rings. The van der Waals surface area contributed by atoms with E-state index in [4.69, 9.17) is 0 Å². The second-order valence-electron chi connectivity index (χ2n) is 5.95. The third kappa shape index (κ3) is 5.66. The molecular weight excluding hydrogens is 273 g/mol. The van der Waals surface area contributed by atoms with Crippen molar-refractivity contribution in [3.05, 3.63) is 0 Å². The van der Waals surface area contributed by atoms with Gasteiger partial charge in [0.15, 0.2) is 0 Å². The second-order valence-corrected chi connectivity index (χ2v) is 5.95. The molecule has 7 heteroatoms. The molecule has 2 atom stereocenters. The number of nitrogens with zero attached hydrogens (tertiary/aromatic N) is 1. The Balaban J connectivity index is 2.52. The van der Waals surface area contributed by atoms with Crippen LogP contribution in [-0.2, 0) is 4.79 Å². The molecule has 0 amide bonds. The molecule has 0 aliphatic heterocycles. The van der Waals surface area contributed by atoms with E-state index in [1.54, 1.807) is 25.8 Å². The fraction of sp³-hybridized carbons (Fsp3) is 0.923. The minimum absolute atomic E-state index is 0.121. The third-order valence-corrected chi connectivity index (χ3v) is 3.78. The second kappa shape index (κ2) is 6.30. The Morgan fingerprint density at radius 1 is 1.45 bits per heavy atom. The maximum atomic E-state index is 12.2. The summed E-state index contributed by atoms with van der Waals surface area (Å²) in [4.78, 5) is 13.0. The molecule has 0 aromatic carbocycles. The van der Waals surface area contributed by atoms with Crippen LogP contribution >= 0.6 is 0 Å². The highest BCUT2D eigenvalue weighted by Gasteiger charge is 2.40. The lowest BCUT2D eigenvalue weighted by Gasteiger charge is -2.33. The maximum absolute atomic E-state index is 12.2.